The summed E-state index contributed by atoms with van der Waals surface area (Å²) in [5.74, 6) is 1.09. The molecule has 0 aliphatic heterocycles. The fraction of sp³-hybridized carbons (Fsp3) is 0.286. The Bertz CT molecular complexity index is 739. The first kappa shape index (κ1) is 15.8. The standard InChI is InChI=1S/C14H15N5O2S2/c1-18(9-12-5-3-7-22-12)13(20)10-23-14-15-16-17-19(14)8-11-4-2-6-21-11/h2-7H,8-10H2,1H3. The molecule has 0 atom stereocenters. The fourth-order valence-electron chi connectivity index (χ4n) is 1.91. The van der Waals surface area contributed by atoms with Crippen LogP contribution < -0.4 is 0 Å². The van der Waals surface area contributed by atoms with Crippen LogP contribution in [0.15, 0.2) is 45.5 Å². The van der Waals surface area contributed by atoms with Crippen LogP contribution in [0.1, 0.15) is 10.6 Å². The highest BCUT2D eigenvalue weighted by Crippen LogP contribution is 2.17. The van der Waals surface area contributed by atoms with Crippen LogP contribution >= 0.6 is 23.1 Å². The quantitative estimate of drug-likeness (QED) is 0.608. The van der Waals surface area contributed by atoms with Gasteiger partial charge in [0.05, 0.1) is 18.6 Å². The number of furan rings is 1. The molecule has 3 heterocycles. The Hall–Kier alpha value is -2.13. The van der Waals surface area contributed by atoms with Gasteiger partial charge in [0.1, 0.15) is 12.3 Å². The van der Waals surface area contributed by atoms with Crippen LogP contribution in [0.2, 0.25) is 0 Å². The zero-order valence-electron chi connectivity index (χ0n) is 12.5. The number of tetrazole rings is 1. The normalized spacial score (nSPS) is 10.8. The Morgan fingerprint density at radius 2 is 2.35 bits per heavy atom. The number of aromatic nitrogens is 4. The van der Waals surface area contributed by atoms with Crippen molar-refractivity contribution in [3.8, 4) is 0 Å². The summed E-state index contributed by atoms with van der Waals surface area (Å²) >= 11 is 2.96. The molecule has 7 nitrogen and oxygen atoms in total. The Kier molecular flexibility index (Phi) is 5.09. The van der Waals surface area contributed by atoms with Gasteiger partial charge < -0.3 is 9.32 Å². The minimum Gasteiger partial charge on any atom is -0.467 e. The van der Waals surface area contributed by atoms with Gasteiger partial charge in [0.25, 0.3) is 0 Å². The second-order valence-corrected chi connectivity index (χ2v) is 6.79. The first-order valence-corrected chi connectivity index (χ1v) is 8.76. The van der Waals surface area contributed by atoms with Gasteiger partial charge in [0.15, 0.2) is 0 Å². The molecule has 0 aliphatic rings. The predicted octanol–water partition coefficient (Wildman–Crippen LogP) is 2.13. The SMILES string of the molecule is CN(Cc1cccs1)C(=O)CSc1nnnn1Cc1ccco1. The number of thiophene rings is 1. The van der Waals surface area contributed by atoms with Gasteiger partial charge in [-0.25, -0.2) is 4.68 Å². The topological polar surface area (TPSA) is 77.1 Å². The van der Waals surface area contributed by atoms with Crippen LogP contribution in [0.25, 0.3) is 0 Å². The molecule has 0 N–H and O–H groups in total. The van der Waals surface area contributed by atoms with Crippen LogP contribution in [0.3, 0.4) is 0 Å². The van der Waals surface area contributed by atoms with Gasteiger partial charge in [0, 0.05) is 11.9 Å². The van der Waals surface area contributed by atoms with E-state index in [0.29, 0.717) is 24.0 Å². The summed E-state index contributed by atoms with van der Waals surface area (Å²) < 4.78 is 6.91. The highest BCUT2D eigenvalue weighted by atomic mass is 32.2. The molecule has 3 aromatic heterocycles. The maximum absolute atomic E-state index is 12.2. The lowest BCUT2D eigenvalue weighted by atomic mass is 10.4. The molecule has 0 saturated heterocycles. The van der Waals surface area contributed by atoms with E-state index in [1.165, 1.54) is 11.8 Å². The van der Waals surface area contributed by atoms with E-state index in [2.05, 4.69) is 15.5 Å². The fourth-order valence-corrected chi connectivity index (χ4v) is 3.48. The largest absolute Gasteiger partial charge is 0.467 e. The minimum atomic E-state index is 0.0379. The number of amides is 1. The van der Waals surface area contributed by atoms with Gasteiger partial charge in [-0.3, -0.25) is 4.79 Å². The number of carbonyl (C=O) groups is 1. The Labute approximate surface area is 141 Å². The third kappa shape index (κ3) is 4.20. The third-order valence-corrected chi connectivity index (χ3v) is 4.91. The second-order valence-electron chi connectivity index (χ2n) is 4.82. The van der Waals surface area contributed by atoms with Crippen molar-refractivity contribution in [1.82, 2.24) is 25.1 Å². The number of rotatable bonds is 7. The molecular weight excluding hydrogens is 334 g/mol. The van der Waals surface area contributed by atoms with Crippen LogP contribution in [-0.2, 0) is 17.9 Å². The molecule has 0 aromatic carbocycles. The number of carbonyl (C=O) groups excluding carboxylic acids is 1. The Morgan fingerprint density at radius 1 is 1.43 bits per heavy atom. The summed E-state index contributed by atoms with van der Waals surface area (Å²) in [4.78, 5) is 15.1. The van der Waals surface area contributed by atoms with Crippen LogP contribution in [-0.4, -0.2) is 43.8 Å². The lowest BCUT2D eigenvalue weighted by molar-refractivity contribution is -0.127. The van der Waals surface area contributed by atoms with E-state index < -0.39 is 0 Å². The van der Waals surface area contributed by atoms with Gasteiger partial charge >= 0.3 is 0 Å². The number of hydrogen-bond donors (Lipinski definition) is 0. The first-order chi connectivity index (χ1) is 11.2. The van der Waals surface area contributed by atoms with Crippen molar-refractivity contribution in [2.75, 3.05) is 12.8 Å². The minimum absolute atomic E-state index is 0.0379. The molecular formula is C14H15N5O2S2. The van der Waals surface area contributed by atoms with E-state index in [9.17, 15) is 4.79 Å². The summed E-state index contributed by atoms with van der Waals surface area (Å²) in [5.41, 5.74) is 0. The summed E-state index contributed by atoms with van der Waals surface area (Å²) in [6.45, 7) is 1.07. The summed E-state index contributed by atoms with van der Waals surface area (Å²) in [7, 11) is 1.80. The molecule has 1 amide bonds. The first-order valence-electron chi connectivity index (χ1n) is 6.90. The van der Waals surface area contributed by atoms with Crippen LogP contribution in [0, 0.1) is 0 Å². The van der Waals surface area contributed by atoms with Crippen molar-refractivity contribution in [3.63, 3.8) is 0 Å². The van der Waals surface area contributed by atoms with Crippen LogP contribution in [0.4, 0.5) is 0 Å². The van der Waals surface area contributed by atoms with Crippen molar-refractivity contribution in [3.05, 3.63) is 46.5 Å². The van der Waals surface area contributed by atoms with Gasteiger partial charge in [0.2, 0.25) is 11.1 Å². The third-order valence-electron chi connectivity index (χ3n) is 3.11. The van der Waals surface area contributed by atoms with Gasteiger partial charge in [-0.2, -0.15) is 0 Å². The van der Waals surface area contributed by atoms with Gasteiger partial charge in [-0.05, 0) is 34.0 Å². The average Bonchev–Trinajstić information content (AvgIpc) is 3.28. The molecule has 0 bridgehead atoms. The molecule has 0 saturated carbocycles. The molecule has 3 rings (SSSR count). The molecule has 9 heteroatoms. The smallest absolute Gasteiger partial charge is 0.233 e. The molecule has 23 heavy (non-hydrogen) atoms. The molecule has 0 spiro atoms. The Balaban J connectivity index is 1.54. The van der Waals surface area contributed by atoms with E-state index in [1.54, 1.807) is 34.2 Å². The number of thioether (sulfide) groups is 1. The molecule has 0 unspecified atom stereocenters. The van der Waals surface area contributed by atoms with E-state index in [-0.39, 0.29) is 5.91 Å². The summed E-state index contributed by atoms with van der Waals surface area (Å²) in [5, 5.41) is 14.1. The molecule has 3 aromatic rings. The summed E-state index contributed by atoms with van der Waals surface area (Å²) in [6.07, 6.45) is 1.61. The van der Waals surface area contributed by atoms with Crippen molar-refractivity contribution < 1.29 is 9.21 Å². The van der Waals surface area contributed by atoms with E-state index in [1.807, 2.05) is 29.6 Å². The Morgan fingerprint density at radius 3 is 3.09 bits per heavy atom. The number of nitrogens with zero attached hydrogens (tertiary/aromatic N) is 5. The zero-order chi connectivity index (χ0) is 16.1. The van der Waals surface area contributed by atoms with Crippen molar-refractivity contribution in [2.45, 2.75) is 18.2 Å². The highest BCUT2D eigenvalue weighted by molar-refractivity contribution is 7.99. The molecule has 120 valence electrons. The molecule has 0 aliphatic carbocycles. The summed E-state index contributed by atoms with van der Waals surface area (Å²) in [6, 6.07) is 7.67. The van der Waals surface area contributed by atoms with E-state index in [0.717, 1.165) is 10.6 Å². The maximum Gasteiger partial charge on any atom is 0.233 e. The lowest BCUT2D eigenvalue weighted by Gasteiger charge is -2.15. The van der Waals surface area contributed by atoms with Crippen molar-refractivity contribution >= 4 is 29.0 Å². The lowest BCUT2D eigenvalue weighted by Crippen LogP contribution is -2.27. The van der Waals surface area contributed by atoms with Crippen molar-refractivity contribution in [2.24, 2.45) is 0 Å². The number of hydrogen-bond acceptors (Lipinski definition) is 7. The van der Waals surface area contributed by atoms with Gasteiger partial charge in [-0.1, -0.05) is 17.8 Å². The maximum atomic E-state index is 12.2. The van der Waals surface area contributed by atoms with Gasteiger partial charge in [-0.15, -0.1) is 16.4 Å². The highest BCUT2D eigenvalue weighted by Gasteiger charge is 2.14. The molecule has 0 radical (unpaired) electrons. The second kappa shape index (κ2) is 7.42. The van der Waals surface area contributed by atoms with E-state index in [4.69, 9.17) is 4.42 Å². The zero-order valence-corrected chi connectivity index (χ0v) is 14.1. The molecule has 0 fully saturated rings. The van der Waals surface area contributed by atoms with Crippen LogP contribution in [0.5, 0.6) is 0 Å². The monoisotopic (exact) mass is 349 g/mol. The predicted molar refractivity (Wildman–Crippen MR) is 87.1 cm³/mol. The average molecular weight is 349 g/mol. The van der Waals surface area contributed by atoms with Crippen molar-refractivity contribution in [1.29, 1.82) is 0 Å². The van der Waals surface area contributed by atoms with E-state index >= 15 is 0 Å².